The Balaban J connectivity index is 1.81. The molecule has 3 amide bonds. The van der Waals surface area contributed by atoms with Crippen molar-refractivity contribution in [2.45, 2.75) is 38.3 Å². The highest BCUT2D eigenvalue weighted by molar-refractivity contribution is 6.03. The van der Waals surface area contributed by atoms with Gasteiger partial charge in [0.05, 0.1) is 6.54 Å². The summed E-state index contributed by atoms with van der Waals surface area (Å²) in [5.74, 6) is -0.125. The summed E-state index contributed by atoms with van der Waals surface area (Å²) in [5.41, 5.74) is 1.40. The van der Waals surface area contributed by atoms with Crippen molar-refractivity contribution < 1.29 is 14.0 Å². The summed E-state index contributed by atoms with van der Waals surface area (Å²) >= 11 is 0. The van der Waals surface area contributed by atoms with E-state index in [4.69, 9.17) is 0 Å². The average molecular weight is 276 g/mol. The molecule has 5 heteroatoms. The Morgan fingerprint density at radius 3 is 2.50 bits per heavy atom. The van der Waals surface area contributed by atoms with Gasteiger partial charge in [-0.1, -0.05) is 12.1 Å². The lowest BCUT2D eigenvalue weighted by Gasteiger charge is -2.15. The summed E-state index contributed by atoms with van der Waals surface area (Å²) < 4.78 is 14.1. The molecule has 1 heterocycles. The summed E-state index contributed by atoms with van der Waals surface area (Å²) in [5, 5.41) is 0. The molecule has 0 aromatic heterocycles. The van der Waals surface area contributed by atoms with E-state index in [9.17, 15) is 14.0 Å². The third-order valence-electron chi connectivity index (χ3n) is 4.19. The highest BCUT2D eigenvalue weighted by Crippen LogP contribution is 2.40. The first-order valence-corrected chi connectivity index (χ1v) is 6.85. The number of likely N-dealkylation sites (N-methyl/N-ethyl adjacent to an activating group) is 1. The Bertz CT molecular complexity index is 563. The molecule has 1 saturated carbocycles. The van der Waals surface area contributed by atoms with Crippen LogP contribution in [-0.4, -0.2) is 34.8 Å². The maximum atomic E-state index is 14.1. The van der Waals surface area contributed by atoms with Crippen LogP contribution >= 0.6 is 0 Å². The zero-order chi connectivity index (χ0) is 14.4. The van der Waals surface area contributed by atoms with E-state index in [1.165, 1.54) is 11.0 Å². The number of rotatable bonds is 3. The third-order valence-corrected chi connectivity index (χ3v) is 4.19. The lowest BCUT2D eigenvalue weighted by Crippen LogP contribution is -2.31. The fourth-order valence-corrected chi connectivity index (χ4v) is 2.52. The molecule has 4 nitrogen and oxygen atoms in total. The second-order valence-corrected chi connectivity index (χ2v) is 5.62. The Hall–Kier alpha value is -1.91. The minimum Gasteiger partial charge on any atom is -0.316 e. The minimum atomic E-state index is -0.476. The quantitative estimate of drug-likeness (QED) is 0.796. The van der Waals surface area contributed by atoms with Crippen molar-refractivity contribution >= 4 is 11.9 Å². The monoisotopic (exact) mass is 276 g/mol. The molecule has 2 fully saturated rings. The normalized spacial score (nSPS) is 22.9. The van der Waals surface area contributed by atoms with Crippen LogP contribution in [0.5, 0.6) is 0 Å². The van der Waals surface area contributed by atoms with E-state index in [1.54, 1.807) is 20.0 Å². The zero-order valence-corrected chi connectivity index (χ0v) is 11.6. The van der Waals surface area contributed by atoms with Crippen LogP contribution in [0.25, 0.3) is 0 Å². The molecule has 1 aliphatic heterocycles. The largest absolute Gasteiger partial charge is 0.327 e. The van der Waals surface area contributed by atoms with E-state index in [1.807, 2.05) is 6.07 Å². The number of nitrogens with zero attached hydrogens (tertiary/aromatic N) is 2. The van der Waals surface area contributed by atoms with E-state index < -0.39 is 6.04 Å². The van der Waals surface area contributed by atoms with Gasteiger partial charge in [-0.3, -0.25) is 9.69 Å². The molecule has 0 unspecified atom stereocenters. The summed E-state index contributed by atoms with van der Waals surface area (Å²) in [4.78, 5) is 26.4. The molecule has 1 aromatic rings. The van der Waals surface area contributed by atoms with Crippen LogP contribution in [0, 0.1) is 5.82 Å². The van der Waals surface area contributed by atoms with Gasteiger partial charge >= 0.3 is 6.03 Å². The first-order chi connectivity index (χ1) is 9.49. The number of carbonyl (C=O) groups is 2. The molecule has 2 aliphatic rings. The summed E-state index contributed by atoms with van der Waals surface area (Å²) in [6.07, 6.45) is 2.23. The SMILES string of the molecule is C[C@H]1C(=O)N(Cc2ccc(C3CC3)cc2F)C(=O)N1C. The Morgan fingerprint density at radius 2 is 2.00 bits per heavy atom. The average Bonchev–Trinajstić information content (AvgIpc) is 3.24. The predicted molar refractivity (Wildman–Crippen MR) is 71.5 cm³/mol. The number of hydrogen-bond acceptors (Lipinski definition) is 2. The second kappa shape index (κ2) is 4.58. The molecular formula is C15H17FN2O2. The van der Waals surface area contributed by atoms with Crippen LogP contribution in [0.1, 0.15) is 36.8 Å². The molecular weight excluding hydrogens is 259 g/mol. The summed E-state index contributed by atoms with van der Waals surface area (Å²) in [6.45, 7) is 1.68. The van der Waals surface area contributed by atoms with Gasteiger partial charge in [-0.05, 0) is 37.3 Å². The van der Waals surface area contributed by atoms with Crippen molar-refractivity contribution in [1.29, 1.82) is 0 Å². The summed E-state index contributed by atoms with van der Waals surface area (Å²) in [6, 6.07) is 4.27. The van der Waals surface area contributed by atoms with Gasteiger partial charge in [-0.2, -0.15) is 0 Å². The van der Waals surface area contributed by atoms with Gasteiger partial charge < -0.3 is 4.90 Å². The standard InChI is InChI=1S/C15H17FN2O2/c1-9-14(19)18(15(20)17(9)2)8-12-6-5-11(7-13(12)16)10-3-4-10/h5-7,9-10H,3-4,8H2,1-2H3/t9-/m0/s1. The molecule has 1 saturated heterocycles. The molecule has 1 aliphatic carbocycles. The van der Waals surface area contributed by atoms with Crippen LogP contribution in [0.4, 0.5) is 9.18 Å². The molecule has 0 N–H and O–H groups in total. The molecule has 1 aromatic carbocycles. The molecule has 1 atom stereocenters. The number of imide groups is 1. The second-order valence-electron chi connectivity index (χ2n) is 5.62. The van der Waals surface area contributed by atoms with E-state index in [0.717, 1.165) is 23.3 Å². The van der Waals surface area contributed by atoms with E-state index in [2.05, 4.69) is 0 Å². The van der Waals surface area contributed by atoms with Gasteiger partial charge in [-0.25, -0.2) is 9.18 Å². The maximum Gasteiger partial charge on any atom is 0.327 e. The highest BCUT2D eigenvalue weighted by Gasteiger charge is 2.40. The number of urea groups is 1. The maximum absolute atomic E-state index is 14.1. The first kappa shape index (κ1) is 13.1. The number of hydrogen-bond donors (Lipinski definition) is 0. The Labute approximate surface area is 117 Å². The number of amides is 3. The molecule has 20 heavy (non-hydrogen) atoms. The zero-order valence-electron chi connectivity index (χ0n) is 11.6. The first-order valence-electron chi connectivity index (χ1n) is 6.85. The summed E-state index contributed by atoms with van der Waals surface area (Å²) in [7, 11) is 1.58. The lowest BCUT2D eigenvalue weighted by molar-refractivity contribution is -0.128. The topological polar surface area (TPSA) is 40.6 Å². The molecule has 0 radical (unpaired) electrons. The van der Waals surface area contributed by atoms with Crippen molar-refractivity contribution in [2.24, 2.45) is 0 Å². The molecule has 0 bridgehead atoms. The van der Waals surface area contributed by atoms with Crippen LogP contribution in [0.3, 0.4) is 0 Å². The van der Waals surface area contributed by atoms with Crippen molar-refractivity contribution in [3.05, 3.63) is 35.1 Å². The number of benzene rings is 1. The highest BCUT2D eigenvalue weighted by atomic mass is 19.1. The van der Waals surface area contributed by atoms with Crippen molar-refractivity contribution in [1.82, 2.24) is 9.80 Å². The fourth-order valence-electron chi connectivity index (χ4n) is 2.52. The van der Waals surface area contributed by atoms with Crippen molar-refractivity contribution in [3.8, 4) is 0 Å². The van der Waals surface area contributed by atoms with E-state index in [-0.39, 0.29) is 24.3 Å². The Morgan fingerprint density at radius 1 is 1.30 bits per heavy atom. The van der Waals surface area contributed by atoms with Crippen LogP contribution in [-0.2, 0) is 11.3 Å². The molecule has 106 valence electrons. The van der Waals surface area contributed by atoms with Gasteiger partial charge in [0.25, 0.3) is 5.91 Å². The smallest absolute Gasteiger partial charge is 0.316 e. The van der Waals surface area contributed by atoms with Gasteiger partial charge in [0.15, 0.2) is 0 Å². The minimum absolute atomic E-state index is 0.00310. The number of halogens is 1. The van der Waals surface area contributed by atoms with Crippen molar-refractivity contribution in [2.75, 3.05) is 7.05 Å². The predicted octanol–water partition coefficient (Wildman–Crippen LogP) is 2.49. The van der Waals surface area contributed by atoms with Gasteiger partial charge in [0, 0.05) is 12.6 Å². The molecule has 3 rings (SSSR count). The van der Waals surface area contributed by atoms with Crippen LogP contribution in [0.2, 0.25) is 0 Å². The fraction of sp³-hybridized carbons (Fsp3) is 0.467. The third kappa shape index (κ3) is 2.07. The van der Waals surface area contributed by atoms with Gasteiger partial charge in [-0.15, -0.1) is 0 Å². The van der Waals surface area contributed by atoms with E-state index >= 15 is 0 Å². The van der Waals surface area contributed by atoms with Crippen LogP contribution < -0.4 is 0 Å². The lowest BCUT2D eigenvalue weighted by atomic mass is 10.1. The number of carbonyl (C=O) groups excluding carboxylic acids is 2. The van der Waals surface area contributed by atoms with Gasteiger partial charge in [0.2, 0.25) is 0 Å². The van der Waals surface area contributed by atoms with Crippen molar-refractivity contribution in [3.63, 3.8) is 0 Å². The molecule has 0 spiro atoms. The van der Waals surface area contributed by atoms with E-state index in [0.29, 0.717) is 11.5 Å². The van der Waals surface area contributed by atoms with Gasteiger partial charge in [0.1, 0.15) is 11.9 Å². The van der Waals surface area contributed by atoms with Crippen LogP contribution in [0.15, 0.2) is 18.2 Å². The Kier molecular flexibility index (Phi) is 3.00.